The van der Waals surface area contributed by atoms with Gasteiger partial charge in [-0.3, -0.25) is 0 Å². The van der Waals surface area contributed by atoms with Crippen molar-refractivity contribution in [1.29, 1.82) is 0 Å². The Labute approximate surface area is 135 Å². The number of benzene rings is 2. The third kappa shape index (κ3) is 4.34. The fraction of sp³-hybridized carbons (Fsp3) is 0.188. The van der Waals surface area contributed by atoms with E-state index in [9.17, 15) is 0 Å². The molecule has 1 atom stereocenters. The summed E-state index contributed by atoms with van der Waals surface area (Å²) in [7, 11) is 1.64. The van der Waals surface area contributed by atoms with Crippen LogP contribution in [0.4, 0.5) is 5.69 Å². The highest BCUT2D eigenvalue weighted by atomic mass is 35.5. The third-order valence-electron chi connectivity index (χ3n) is 3.07. The molecular formula is C16H17ClN2OS. The van der Waals surface area contributed by atoms with E-state index in [0.29, 0.717) is 5.11 Å². The SMILES string of the molecule is COc1ccc(NC(=S)N[C@@H](C)c2ccccc2Cl)cc1. The first-order valence-corrected chi connectivity index (χ1v) is 7.35. The van der Waals surface area contributed by atoms with Crippen LogP contribution in [0.3, 0.4) is 0 Å². The van der Waals surface area contributed by atoms with Crippen molar-refractivity contribution in [2.45, 2.75) is 13.0 Å². The number of thiocarbonyl (C=S) groups is 1. The summed E-state index contributed by atoms with van der Waals surface area (Å²) in [5.41, 5.74) is 1.91. The van der Waals surface area contributed by atoms with Crippen molar-refractivity contribution < 1.29 is 4.74 Å². The van der Waals surface area contributed by atoms with Crippen molar-refractivity contribution in [3.8, 4) is 5.75 Å². The van der Waals surface area contributed by atoms with Crippen LogP contribution in [0.1, 0.15) is 18.5 Å². The lowest BCUT2D eigenvalue weighted by Gasteiger charge is -2.18. The Balaban J connectivity index is 1.96. The minimum atomic E-state index is 0.0250. The van der Waals surface area contributed by atoms with Gasteiger partial charge in [0, 0.05) is 10.7 Å². The first-order chi connectivity index (χ1) is 10.1. The summed E-state index contributed by atoms with van der Waals surface area (Å²) in [6, 6.07) is 15.3. The van der Waals surface area contributed by atoms with E-state index in [-0.39, 0.29) is 6.04 Å². The molecule has 2 rings (SSSR count). The maximum Gasteiger partial charge on any atom is 0.171 e. The van der Waals surface area contributed by atoms with Crippen LogP contribution in [-0.4, -0.2) is 12.2 Å². The van der Waals surface area contributed by atoms with Crippen LogP contribution in [0.2, 0.25) is 5.02 Å². The smallest absolute Gasteiger partial charge is 0.171 e. The Morgan fingerprint density at radius 2 is 1.81 bits per heavy atom. The molecule has 0 bridgehead atoms. The van der Waals surface area contributed by atoms with Gasteiger partial charge in [-0.25, -0.2) is 0 Å². The van der Waals surface area contributed by atoms with Crippen LogP contribution >= 0.6 is 23.8 Å². The summed E-state index contributed by atoms with van der Waals surface area (Å²) < 4.78 is 5.12. The number of nitrogens with one attached hydrogen (secondary N) is 2. The maximum absolute atomic E-state index is 6.18. The van der Waals surface area contributed by atoms with E-state index < -0.39 is 0 Å². The molecule has 21 heavy (non-hydrogen) atoms. The topological polar surface area (TPSA) is 33.3 Å². The molecule has 0 unspecified atom stereocenters. The van der Waals surface area contributed by atoms with Gasteiger partial charge in [-0.05, 0) is 55.0 Å². The fourth-order valence-electron chi connectivity index (χ4n) is 1.94. The second kappa shape index (κ2) is 7.29. The molecule has 110 valence electrons. The number of methoxy groups -OCH3 is 1. The number of hydrogen-bond donors (Lipinski definition) is 2. The number of hydrogen-bond acceptors (Lipinski definition) is 2. The minimum Gasteiger partial charge on any atom is -0.497 e. The molecular weight excluding hydrogens is 304 g/mol. The second-order valence-corrected chi connectivity index (χ2v) is 5.39. The van der Waals surface area contributed by atoms with E-state index in [1.807, 2.05) is 55.5 Å². The van der Waals surface area contributed by atoms with Crippen LogP contribution in [-0.2, 0) is 0 Å². The van der Waals surface area contributed by atoms with Gasteiger partial charge in [0.2, 0.25) is 0 Å². The van der Waals surface area contributed by atoms with Gasteiger partial charge in [-0.2, -0.15) is 0 Å². The second-order valence-electron chi connectivity index (χ2n) is 4.57. The first-order valence-electron chi connectivity index (χ1n) is 6.56. The van der Waals surface area contributed by atoms with Crippen LogP contribution in [0.5, 0.6) is 5.75 Å². The molecule has 5 heteroatoms. The third-order valence-corrected chi connectivity index (χ3v) is 3.63. The number of rotatable bonds is 4. The van der Waals surface area contributed by atoms with Crippen molar-refractivity contribution in [3.05, 3.63) is 59.1 Å². The van der Waals surface area contributed by atoms with E-state index in [1.54, 1.807) is 7.11 Å². The van der Waals surface area contributed by atoms with Crippen LogP contribution in [0, 0.1) is 0 Å². The maximum atomic E-state index is 6.18. The molecule has 0 radical (unpaired) electrons. The summed E-state index contributed by atoms with van der Waals surface area (Å²) in [4.78, 5) is 0. The summed E-state index contributed by atoms with van der Waals surface area (Å²) in [5.74, 6) is 0.809. The van der Waals surface area contributed by atoms with E-state index in [2.05, 4.69) is 10.6 Å². The summed E-state index contributed by atoms with van der Waals surface area (Å²) in [6.45, 7) is 2.02. The summed E-state index contributed by atoms with van der Waals surface area (Å²) in [6.07, 6.45) is 0. The number of ether oxygens (including phenoxy) is 1. The van der Waals surface area contributed by atoms with Gasteiger partial charge in [0.05, 0.1) is 13.2 Å². The van der Waals surface area contributed by atoms with E-state index in [0.717, 1.165) is 22.0 Å². The van der Waals surface area contributed by atoms with E-state index in [1.165, 1.54) is 0 Å². The molecule has 0 spiro atoms. The lowest BCUT2D eigenvalue weighted by atomic mass is 10.1. The Morgan fingerprint density at radius 1 is 1.14 bits per heavy atom. The normalized spacial score (nSPS) is 11.6. The molecule has 0 amide bonds. The van der Waals surface area contributed by atoms with Crippen molar-refractivity contribution in [3.63, 3.8) is 0 Å². The standard InChI is InChI=1S/C16H17ClN2OS/c1-11(14-5-3-4-6-15(14)17)18-16(21)19-12-7-9-13(20-2)10-8-12/h3-11H,1-2H3,(H2,18,19,21)/t11-/m0/s1. The summed E-state index contributed by atoms with van der Waals surface area (Å²) >= 11 is 11.5. The molecule has 0 saturated carbocycles. The monoisotopic (exact) mass is 320 g/mol. The molecule has 0 fully saturated rings. The van der Waals surface area contributed by atoms with Gasteiger partial charge in [0.25, 0.3) is 0 Å². The molecule has 2 aromatic rings. The van der Waals surface area contributed by atoms with Gasteiger partial charge in [0.1, 0.15) is 5.75 Å². The van der Waals surface area contributed by atoms with Crippen molar-refractivity contribution in [2.24, 2.45) is 0 Å². The zero-order valence-corrected chi connectivity index (χ0v) is 13.5. The average molecular weight is 321 g/mol. The molecule has 3 nitrogen and oxygen atoms in total. The molecule has 2 N–H and O–H groups in total. The molecule has 0 aliphatic heterocycles. The Kier molecular flexibility index (Phi) is 5.42. The van der Waals surface area contributed by atoms with Gasteiger partial charge in [-0.1, -0.05) is 29.8 Å². The van der Waals surface area contributed by atoms with E-state index in [4.69, 9.17) is 28.6 Å². The molecule has 0 aromatic heterocycles. The molecule has 0 aliphatic carbocycles. The molecule has 2 aromatic carbocycles. The van der Waals surface area contributed by atoms with Gasteiger partial charge < -0.3 is 15.4 Å². The van der Waals surface area contributed by atoms with Crippen molar-refractivity contribution >= 4 is 34.6 Å². The number of halogens is 1. The minimum absolute atomic E-state index is 0.0250. The molecule has 0 heterocycles. The highest BCUT2D eigenvalue weighted by Crippen LogP contribution is 2.22. The Hall–Kier alpha value is -1.78. The Bertz CT molecular complexity index is 616. The highest BCUT2D eigenvalue weighted by molar-refractivity contribution is 7.80. The van der Waals surface area contributed by atoms with Gasteiger partial charge in [0.15, 0.2) is 5.11 Å². The average Bonchev–Trinajstić information content (AvgIpc) is 2.48. The largest absolute Gasteiger partial charge is 0.497 e. The lowest BCUT2D eigenvalue weighted by Crippen LogP contribution is -2.31. The predicted molar refractivity (Wildman–Crippen MR) is 92.2 cm³/mol. The Morgan fingerprint density at radius 3 is 2.43 bits per heavy atom. The number of anilines is 1. The van der Waals surface area contributed by atoms with Gasteiger partial charge in [-0.15, -0.1) is 0 Å². The quantitative estimate of drug-likeness (QED) is 0.818. The van der Waals surface area contributed by atoms with Crippen LogP contribution < -0.4 is 15.4 Å². The van der Waals surface area contributed by atoms with Crippen LogP contribution in [0.15, 0.2) is 48.5 Å². The van der Waals surface area contributed by atoms with E-state index >= 15 is 0 Å². The molecule has 0 saturated heterocycles. The summed E-state index contributed by atoms with van der Waals surface area (Å²) in [5, 5.41) is 7.63. The van der Waals surface area contributed by atoms with Gasteiger partial charge >= 0.3 is 0 Å². The zero-order chi connectivity index (χ0) is 15.2. The first kappa shape index (κ1) is 15.6. The lowest BCUT2D eigenvalue weighted by molar-refractivity contribution is 0.415. The molecule has 0 aliphatic rings. The predicted octanol–water partition coefficient (Wildman–Crippen LogP) is 4.40. The highest BCUT2D eigenvalue weighted by Gasteiger charge is 2.10. The van der Waals surface area contributed by atoms with Crippen molar-refractivity contribution in [2.75, 3.05) is 12.4 Å². The zero-order valence-electron chi connectivity index (χ0n) is 11.9. The fourth-order valence-corrected chi connectivity index (χ4v) is 2.54. The van der Waals surface area contributed by atoms with Crippen LogP contribution in [0.25, 0.3) is 0 Å². The van der Waals surface area contributed by atoms with Crippen molar-refractivity contribution in [1.82, 2.24) is 5.32 Å².